The largest absolute Gasteiger partial charge is 1.00 e. The molecule has 0 spiro atoms. The molecule has 14 heavy (non-hydrogen) atoms. The van der Waals surface area contributed by atoms with E-state index in [4.69, 9.17) is 9.78 Å². The zero-order valence-corrected chi connectivity index (χ0v) is 16.4. The molecule has 2 nitrogen and oxygen atoms in total. The molecule has 0 heterocycles. The molecule has 4 heteroatoms. The first-order valence-electron chi connectivity index (χ1n) is 4.70. The molecule has 0 saturated heterocycles. The average Bonchev–Trinajstić information content (AvgIpc) is 2.02. The van der Waals surface area contributed by atoms with Crippen LogP contribution in [-0.2, 0) is 9.78 Å². The minimum Gasteiger partial charge on any atom is -1.00 e. The van der Waals surface area contributed by atoms with Crippen LogP contribution in [0.2, 0.25) is 0 Å². The molecule has 0 aliphatic rings. The van der Waals surface area contributed by atoms with Gasteiger partial charge in [0, 0.05) is 0 Å². The van der Waals surface area contributed by atoms with Gasteiger partial charge in [-0.1, -0.05) is 13.8 Å². The molecule has 0 bridgehead atoms. The SMILES string of the molecule is CCC(C)(C)OOC(C)(C)CC.[H-].[H-].[K+].[Na+]. The Labute approximate surface area is 156 Å². The van der Waals surface area contributed by atoms with Gasteiger partial charge in [-0.05, 0) is 40.5 Å². The van der Waals surface area contributed by atoms with Crippen molar-refractivity contribution in [2.45, 2.75) is 65.6 Å². The molecule has 0 atom stereocenters. The smallest absolute Gasteiger partial charge is 1.00 e. The van der Waals surface area contributed by atoms with Gasteiger partial charge in [-0.15, -0.1) is 0 Å². The van der Waals surface area contributed by atoms with Crippen LogP contribution >= 0.6 is 0 Å². The van der Waals surface area contributed by atoms with E-state index in [0.29, 0.717) is 0 Å². The van der Waals surface area contributed by atoms with Crippen LogP contribution in [0.25, 0.3) is 0 Å². The van der Waals surface area contributed by atoms with E-state index in [1.165, 1.54) is 0 Å². The molecule has 0 N–H and O–H groups in total. The summed E-state index contributed by atoms with van der Waals surface area (Å²) in [7, 11) is 0. The van der Waals surface area contributed by atoms with Crippen LogP contribution in [0.15, 0.2) is 0 Å². The summed E-state index contributed by atoms with van der Waals surface area (Å²) < 4.78 is 0. The van der Waals surface area contributed by atoms with Gasteiger partial charge in [0.1, 0.15) is 0 Å². The van der Waals surface area contributed by atoms with Gasteiger partial charge in [-0.3, -0.25) is 0 Å². The van der Waals surface area contributed by atoms with Crippen molar-refractivity contribution >= 4 is 0 Å². The van der Waals surface area contributed by atoms with Crippen molar-refractivity contribution in [1.82, 2.24) is 0 Å². The van der Waals surface area contributed by atoms with E-state index in [1.54, 1.807) is 0 Å². The quantitative estimate of drug-likeness (QED) is 0.301. The number of hydrogen-bond acceptors (Lipinski definition) is 2. The van der Waals surface area contributed by atoms with E-state index in [2.05, 4.69) is 13.8 Å². The fourth-order valence-electron chi connectivity index (χ4n) is 0.343. The normalized spacial score (nSPS) is 11.6. The summed E-state index contributed by atoms with van der Waals surface area (Å²) in [6, 6.07) is 0. The minimum absolute atomic E-state index is 0. The van der Waals surface area contributed by atoms with Crippen molar-refractivity contribution in [2.24, 2.45) is 0 Å². The number of hydrogen-bond donors (Lipinski definition) is 0. The summed E-state index contributed by atoms with van der Waals surface area (Å²) in [4.78, 5) is 10.7. The maximum Gasteiger partial charge on any atom is 1.00 e. The zero-order chi connectivity index (χ0) is 9.83. The summed E-state index contributed by atoms with van der Waals surface area (Å²) in [5.74, 6) is 0. The Kier molecular flexibility index (Phi) is 14.9. The van der Waals surface area contributed by atoms with Crippen molar-refractivity contribution in [3.8, 4) is 0 Å². The van der Waals surface area contributed by atoms with E-state index in [0.717, 1.165) is 12.8 Å². The summed E-state index contributed by atoms with van der Waals surface area (Å²) in [6.07, 6.45) is 1.90. The maximum atomic E-state index is 5.33. The van der Waals surface area contributed by atoms with Gasteiger partial charge in [0.15, 0.2) is 0 Å². The molecule has 78 valence electrons. The first-order valence-corrected chi connectivity index (χ1v) is 4.70. The van der Waals surface area contributed by atoms with Gasteiger partial charge in [0.05, 0.1) is 11.2 Å². The van der Waals surface area contributed by atoms with Crippen LogP contribution in [0.5, 0.6) is 0 Å². The topological polar surface area (TPSA) is 18.5 Å². The van der Waals surface area contributed by atoms with Gasteiger partial charge in [0.25, 0.3) is 0 Å². The van der Waals surface area contributed by atoms with Crippen LogP contribution in [0.3, 0.4) is 0 Å². The summed E-state index contributed by atoms with van der Waals surface area (Å²) in [6.45, 7) is 12.3. The Bertz CT molecular complexity index is 131. The van der Waals surface area contributed by atoms with Crippen molar-refractivity contribution in [2.75, 3.05) is 0 Å². The van der Waals surface area contributed by atoms with Gasteiger partial charge < -0.3 is 2.85 Å². The summed E-state index contributed by atoms with van der Waals surface area (Å²) in [5.41, 5.74) is -0.348. The van der Waals surface area contributed by atoms with Crippen molar-refractivity contribution in [1.29, 1.82) is 0 Å². The monoisotopic (exact) mass is 238 g/mol. The standard InChI is InChI=1S/C10H22O2.K.Na.2H/c1-7-9(3,4)11-12-10(5,6)8-2;;;;/h7-8H2,1-6H3;;;;/q;2*+1;2*-1. The van der Waals surface area contributed by atoms with Gasteiger partial charge in [0.2, 0.25) is 0 Å². The molecule has 0 saturated carbocycles. The molecular weight excluding hydrogens is 214 g/mol. The molecule has 0 aliphatic carbocycles. The second-order valence-electron chi connectivity index (χ2n) is 4.39. The summed E-state index contributed by atoms with van der Waals surface area (Å²) >= 11 is 0. The fraction of sp³-hybridized carbons (Fsp3) is 1.00. The Morgan fingerprint density at radius 3 is 1.21 bits per heavy atom. The van der Waals surface area contributed by atoms with E-state index in [9.17, 15) is 0 Å². The summed E-state index contributed by atoms with van der Waals surface area (Å²) in [5, 5.41) is 0. The zero-order valence-electron chi connectivity index (χ0n) is 13.2. The molecule has 0 aromatic heterocycles. The third-order valence-corrected chi connectivity index (χ3v) is 2.20. The van der Waals surface area contributed by atoms with Gasteiger partial charge >= 0.3 is 80.9 Å². The Morgan fingerprint density at radius 2 is 1.07 bits per heavy atom. The third kappa shape index (κ3) is 11.1. The second-order valence-corrected chi connectivity index (χ2v) is 4.39. The second kappa shape index (κ2) is 9.57. The Morgan fingerprint density at radius 1 is 0.857 bits per heavy atom. The first-order chi connectivity index (χ1) is 5.33. The average molecular weight is 238 g/mol. The predicted octanol–water partition coefficient (Wildman–Crippen LogP) is -2.46. The van der Waals surface area contributed by atoms with E-state index < -0.39 is 0 Å². The van der Waals surface area contributed by atoms with E-state index in [-0.39, 0.29) is 95.0 Å². The Hall–Kier alpha value is 2.56. The van der Waals surface area contributed by atoms with Gasteiger partial charge in [-0.25, -0.2) is 9.78 Å². The van der Waals surface area contributed by atoms with E-state index >= 15 is 0 Å². The Balaban J connectivity index is -0.000000101. The van der Waals surface area contributed by atoms with Crippen LogP contribution < -0.4 is 80.9 Å². The number of rotatable bonds is 5. The maximum absolute atomic E-state index is 5.33. The van der Waals surface area contributed by atoms with Crippen LogP contribution in [-0.4, -0.2) is 11.2 Å². The first kappa shape index (κ1) is 21.8. The third-order valence-electron chi connectivity index (χ3n) is 2.20. The molecule has 0 rings (SSSR count). The van der Waals surface area contributed by atoms with Crippen LogP contribution in [0, 0.1) is 0 Å². The predicted molar refractivity (Wildman–Crippen MR) is 53.1 cm³/mol. The minimum atomic E-state index is -0.174. The molecule has 0 unspecified atom stereocenters. The van der Waals surface area contributed by atoms with E-state index in [1.807, 2.05) is 27.7 Å². The van der Waals surface area contributed by atoms with Crippen molar-refractivity contribution in [3.05, 3.63) is 0 Å². The van der Waals surface area contributed by atoms with Crippen LogP contribution in [0.4, 0.5) is 0 Å². The van der Waals surface area contributed by atoms with Crippen molar-refractivity contribution in [3.63, 3.8) is 0 Å². The fourth-order valence-corrected chi connectivity index (χ4v) is 0.343. The van der Waals surface area contributed by atoms with Crippen molar-refractivity contribution < 1.29 is 93.6 Å². The molecule has 0 radical (unpaired) electrons. The molecule has 0 amide bonds. The molecular formula is C10H24KNaO2. The molecule has 0 aromatic rings. The molecule has 0 aliphatic heterocycles. The molecule has 0 fully saturated rings. The van der Waals surface area contributed by atoms with Gasteiger partial charge in [-0.2, -0.15) is 0 Å². The molecule has 0 aromatic carbocycles. The van der Waals surface area contributed by atoms with Crippen LogP contribution in [0.1, 0.15) is 57.2 Å².